The van der Waals surface area contributed by atoms with E-state index in [9.17, 15) is 14.9 Å². The summed E-state index contributed by atoms with van der Waals surface area (Å²) in [6.07, 6.45) is 3.00. The third kappa shape index (κ3) is 5.82. The molecular formula is C19H20N4O4S. The van der Waals surface area contributed by atoms with E-state index >= 15 is 0 Å². The van der Waals surface area contributed by atoms with E-state index in [0.29, 0.717) is 28.8 Å². The average molecular weight is 400 g/mol. The lowest BCUT2D eigenvalue weighted by Gasteiger charge is -2.14. The Morgan fingerprint density at radius 1 is 1.32 bits per heavy atom. The fraction of sp³-hybridized carbons (Fsp3) is 0.263. The number of hydrogen-bond donors (Lipinski definition) is 1. The number of hydrogen-bond acceptors (Lipinski definition) is 7. The third-order valence-electron chi connectivity index (χ3n) is 3.45. The highest BCUT2D eigenvalue weighted by molar-refractivity contribution is 7.13. The summed E-state index contributed by atoms with van der Waals surface area (Å²) in [6.45, 7) is 2.09. The van der Waals surface area contributed by atoms with Crippen molar-refractivity contribution in [3.63, 3.8) is 0 Å². The molecule has 0 radical (unpaired) electrons. The van der Waals surface area contributed by atoms with Gasteiger partial charge >= 0.3 is 0 Å². The summed E-state index contributed by atoms with van der Waals surface area (Å²) in [7, 11) is 3.28. The van der Waals surface area contributed by atoms with Crippen LogP contribution in [0, 0.1) is 11.3 Å². The van der Waals surface area contributed by atoms with Crippen molar-refractivity contribution in [2.75, 3.05) is 32.6 Å². The second-order valence-electron chi connectivity index (χ2n) is 5.68. The number of thiazole rings is 1. The fourth-order valence-corrected chi connectivity index (χ4v) is 2.56. The van der Waals surface area contributed by atoms with Crippen molar-refractivity contribution >= 4 is 34.4 Å². The second-order valence-corrected chi connectivity index (χ2v) is 6.57. The highest BCUT2D eigenvalue weighted by atomic mass is 32.1. The van der Waals surface area contributed by atoms with E-state index in [-0.39, 0.29) is 18.1 Å². The Morgan fingerprint density at radius 3 is 2.71 bits per heavy atom. The number of nitrogens with one attached hydrogen (secondary N) is 1. The van der Waals surface area contributed by atoms with Crippen LogP contribution in [0.3, 0.4) is 0 Å². The Morgan fingerprint density at radius 2 is 2.11 bits per heavy atom. The first-order chi connectivity index (χ1) is 13.4. The number of carbonyl (C=O) groups is 2. The van der Waals surface area contributed by atoms with E-state index in [0.717, 1.165) is 0 Å². The van der Waals surface area contributed by atoms with E-state index in [4.69, 9.17) is 9.47 Å². The molecular weight excluding hydrogens is 380 g/mol. The zero-order valence-electron chi connectivity index (χ0n) is 15.8. The molecule has 0 bridgehead atoms. The summed E-state index contributed by atoms with van der Waals surface area (Å²) in [5.41, 5.74) is 0.509. The molecule has 28 heavy (non-hydrogen) atoms. The SMILES string of the molecule is CCOc1cc(/C=C(\C#N)C(=O)Nc2nccs2)ccc1OCC(=O)N(C)C. The van der Waals surface area contributed by atoms with Gasteiger partial charge in [-0.1, -0.05) is 6.07 Å². The van der Waals surface area contributed by atoms with Crippen LogP contribution in [0.15, 0.2) is 35.3 Å². The first-order valence-electron chi connectivity index (χ1n) is 8.37. The van der Waals surface area contributed by atoms with E-state index < -0.39 is 5.91 Å². The molecule has 1 heterocycles. The molecule has 9 heteroatoms. The Labute approximate surface area is 167 Å². The smallest absolute Gasteiger partial charge is 0.268 e. The number of likely N-dealkylation sites (N-methyl/N-ethyl adjacent to an activating group) is 1. The Bertz CT molecular complexity index is 901. The van der Waals surface area contributed by atoms with Crippen LogP contribution < -0.4 is 14.8 Å². The van der Waals surface area contributed by atoms with Crippen molar-refractivity contribution in [2.45, 2.75) is 6.92 Å². The van der Waals surface area contributed by atoms with Gasteiger partial charge in [-0.2, -0.15) is 5.26 Å². The van der Waals surface area contributed by atoms with Gasteiger partial charge in [-0.15, -0.1) is 11.3 Å². The van der Waals surface area contributed by atoms with Crippen LogP contribution in [0.4, 0.5) is 5.13 Å². The van der Waals surface area contributed by atoms with Gasteiger partial charge in [0.1, 0.15) is 11.6 Å². The van der Waals surface area contributed by atoms with E-state index in [1.807, 2.05) is 13.0 Å². The van der Waals surface area contributed by atoms with Crippen molar-refractivity contribution < 1.29 is 19.1 Å². The van der Waals surface area contributed by atoms with Gasteiger partial charge in [0.25, 0.3) is 11.8 Å². The molecule has 0 aliphatic heterocycles. The number of ether oxygens (including phenoxy) is 2. The van der Waals surface area contributed by atoms with Gasteiger partial charge in [0.05, 0.1) is 6.61 Å². The molecule has 0 spiro atoms. The zero-order chi connectivity index (χ0) is 20.5. The normalized spacial score (nSPS) is 10.7. The standard InChI is InChI=1S/C19H20N4O4S/c1-4-26-16-10-13(5-6-15(16)27-12-17(24)23(2)3)9-14(11-20)18(25)22-19-21-7-8-28-19/h5-10H,4,12H2,1-3H3,(H,21,22,25)/b14-9+. The molecule has 0 saturated heterocycles. The van der Waals surface area contributed by atoms with Gasteiger partial charge in [-0.3, -0.25) is 14.9 Å². The van der Waals surface area contributed by atoms with Crippen molar-refractivity contribution in [3.8, 4) is 17.6 Å². The molecule has 0 atom stereocenters. The molecule has 0 aliphatic rings. The molecule has 2 rings (SSSR count). The fourth-order valence-electron chi connectivity index (χ4n) is 2.04. The van der Waals surface area contributed by atoms with Crippen molar-refractivity contribution in [1.82, 2.24) is 9.88 Å². The molecule has 2 amide bonds. The van der Waals surface area contributed by atoms with Gasteiger partial charge in [-0.25, -0.2) is 4.98 Å². The Balaban J connectivity index is 2.20. The van der Waals surface area contributed by atoms with Gasteiger partial charge < -0.3 is 14.4 Å². The first-order valence-corrected chi connectivity index (χ1v) is 9.25. The van der Waals surface area contributed by atoms with Crippen LogP contribution in [0.2, 0.25) is 0 Å². The van der Waals surface area contributed by atoms with Crippen LogP contribution in [0.5, 0.6) is 11.5 Å². The first kappa shape index (κ1) is 20.9. The summed E-state index contributed by atoms with van der Waals surface area (Å²) >= 11 is 1.26. The molecule has 8 nitrogen and oxygen atoms in total. The number of nitrogens with zero attached hydrogens (tertiary/aromatic N) is 3. The van der Waals surface area contributed by atoms with Gasteiger partial charge in [0.15, 0.2) is 23.2 Å². The van der Waals surface area contributed by atoms with Crippen molar-refractivity contribution in [1.29, 1.82) is 5.26 Å². The number of anilines is 1. The lowest BCUT2D eigenvalue weighted by Crippen LogP contribution is -2.27. The largest absolute Gasteiger partial charge is 0.490 e. The Hall–Kier alpha value is -3.38. The molecule has 0 fully saturated rings. The molecule has 0 unspecified atom stereocenters. The molecule has 2 aromatic rings. The van der Waals surface area contributed by atoms with Crippen molar-refractivity contribution in [3.05, 3.63) is 40.9 Å². The molecule has 1 aromatic heterocycles. The third-order valence-corrected chi connectivity index (χ3v) is 4.13. The van der Waals surface area contributed by atoms with Crippen LogP contribution in [0.25, 0.3) is 6.08 Å². The number of rotatable bonds is 8. The summed E-state index contributed by atoms with van der Waals surface area (Å²) in [5, 5.41) is 14.0. The molecule has 146 valence electrons. The minimum absolute atomic E-state index is 0.0749. The summed E-state index contributed by atoms with van der Waals surface area (Å²) in [5.74, 6) is 0.0877. The van der Waals surface area contributed by atoms with Crippen LogP contribution in [-0.2, 0) is 9.59 Å². The average Bonchev–Trinajstić information content (AvgIpc) is 3.18. The van der Waals surface area contributed by atoms with Crippen molar-refractivity contribution in [2.24, 2.45) is 0 Å². The maximum Gasteiger partial charge on any atom is 0.268 e. The maximum absolute atomic E-state index is 12.2. The van der Waals surface area contributed by atoms with E-state index in [1.165, 1.54) is 22.3 Å². The summed E-state index contributed by atoms with van der Waals surface area (Å²) in [4.78, 5) is 29.3. The second kappa shape index (κ2) is 10.1. The van der Waals surface area contributed by atoms with E-state index in [2.05, 4.69) is 10.3 Å². The number of benzene rings is 1. The van der Waals surface area contributed by atoms with Gasteiger partial charge in [0, 0.05) is 25.7 Å². The van der Waals surface area contributed by atoms with Crippen LogP contribution >= 0.6 is 11.3 Å². The number of carbonyl (C=O) groups excluding carboxylic acids is 2. The molecule has 0 saturated carbocycles. The minimum atomic E-state index is -0.549. The summed E-state index contributed by atoms with van der Waals surface area (Å²) in [6, 6.07) is 6.84. The van der Waals surface area contributed by atoms with Crippen LogP contribution in [-0.4, -0.2) is 49.0 Å². The predicted octanol–water partition coefficient (Wildman–Crippen LogP) is 2.55. The lowest BCUT2D eigenvalue weighted by molar-refractivity contribution is -0.130. The highest BCUT2D eigenvalue weighted by Gasteiger charge is 2.13. The van der Waals surface area contributed by atoms with Crippen LogP contribution in [0.1, 0.15) is 12.5 Å². The van der Waals surface area contributed by atoms with Gasteiger partial charge in [-0.05, 0) is 30.7 Å². The number of amides is 2. The topological polar surface area (TPSA) is 105 Å². The quantitative estimate of drug-likeness (QED) is 0.539. The summed E-state index contributed by atoms with van der Waals surface area (Å²) < 4.78 is 11.1. The highest BCUT2D eigenvalue weighted by Crippen LogP contribution is 2.29. The van der Waals surface area contributed by atoms with Gasteiger partial charge in [0.2, 0.25) is 0 Å². The maximum atomic E-state index is 12.2. The molecule has 1 N–H and O–H groups in total. The Kier molecular flexibility index (Phi) is 7.54. The molecule has 0 aliphatic carbocycles. The lowest BCUT2D eigenvalue weighted by atomic mass is 10.1. The molecule has 1 aromatic carbocycles. The monoisotopic (exact) mass is 400 g/mol. The zero-order valence-corrected chi connectivity index (χ0v) is 16.6. The predicted molar refractivity (Wildman–Crippen MR) is 106 cm³/mol. The minimum Gasteiger partial charge on any atom is -0.490 e. The van der Waals surface area contributed by atoms with E-state index in [1.54, 1.807) is 43.9 Å². The number of aromatic nitrogens is 1. The number of nitriles is 1.